The van der Waals surface area contributed by atoms with Crippen LogP contribution < -0.4 is 5.32 Å². The minimum Gasteiger partial charge on any atom is -0.395 e. The number of nitrogens with one attached hydrogen (secondary N) is 1. The minimum absolute atomic E-state index is 0.287. The van der Waals surface area contributed by atoms with Crippen molar-refractivity contribution in [2.45, 2.75) is 45.2 Å². The molecular formula is C11H24N2O. The van der Waals surface area contributed by atoms with Gasteiger partial charge in [-0.2, -0.15) is 0 Å². The number of hydrogen-bond donors (Lipinski definition) is 2. The monoisotopic (exact) mass is 200 g/mol. The summed E-state index contributed by atoms with van der Waals surface area (Å²) in [5, 5.41) is 12.5. The SMILES string of the molecule is CCNC(C)C1CCCCN1CCO. The molecule has 0 spiro atoms. The Morgan fingerprint density at radius 1 is 1.50 bits per heavy atom. The predicted octanol–water partition coefficient (Wildman–Crippen LogP) is 0.831. The topological polar surface area (TPSA) is 35.5 Å². The first-order valence-corrected chi connectivity index (χ1v) is 5.88. The van der Waals surface area contributed by atoms with E-state index in [1.807, 2.05) is 0 Å². The quantitative estimate of drug-likeness (QED) is 0.690. The molecule has 3 nitrogen and oxygen atoms in total. The van der Waals surface area contributed by atoms with Gasteiger partial charge in [0.05, 0.1) is 6.61 Å². The van der Waals surface area contributed by atoms with Crippen molar-refractivity contribution in [1.82, 2.24) is 10.2 Å². The molecule has 1 aliphatic rings. The Labute approximate surface area is 87.5 Å². The number of β-amino-alcohol motifs (C(OH)–C–C–N with tert-alkyl or cyclic N) is 1. The summed E-state index contributed by atoms with van der Waals surface area (Å²) in [5.41, 5.74) is 0. The van der Waals surface area contributed by atoms with E-state index < -0.39 is 0 Å². The van der Waals surface area contributed by atoms with Gasteiger partial charge >= 0.3 is 0 Å². The molecule has 0 aromatic heterocycles. The van der Waals surface area contributed by atoms with Crippen molar-refractivity contribution in [3.8, 4) is 0 Å². The van der Waals surface area contributed by atoms with E-state index in [-0.39, 0.29) is 6.61 Å². The predicted molar refractivity (Wildman–Crippen MR) is 59.4 cm³/mol. The molecule has 2 N–H and O–H groups in total. The van der Waals surface area contributed by atoms with E-state index >= 15 is 0 Å². The van der Waals surface area contributed by atoms with Crippen LogP contribution in [0.2, 0.25) is 0 Å². The molecule has 3 heteroatoms. The van der Waals surface area contributed by atoms with Gasteiger partial charge in [-0.3, -0.25) is 4.90 Å². The van der Waals surface area contributed by atoms with Gasteiger partial charge in [0, 0.05) is 18.6 Å². The summed E-state index contributed by atoms with van der Waals surface area (Å²) in [6.07, 6.45) is 3.89. The van der Waals surface area contributed by atoms with E-state index in [1.165, 1.54) is 19.3 Å². The Morgan fingerprint density at radius 3 is 2.93 bits per heavy atom. The van der Waals surface area contributed by atoms with Crippen molar-refractivity contribution in [1.29, 1.82) is 0 Å². The average Bonchev–Trinajstić information content (AvgIpc) is 2.19. The lowest BCUT2D eigenvalue weighted by Gasteiger charge is -2.39. The molecule has 1 saturated heterocycles. The molecule has 2 atom stereocenters. The van der Waals surface area contributed by atoms with Gasteiger partial charge in [-0.25, -0.2) is 0 Å². The number of aliphatic hydroxyl groups excluding tert-OH is 1. The highest BCUT2D eigenvalue weighted by atomic mass is 16.3. The van der Waals surface area contributed by atoms with Crippen LogP contribution in [-0.4, -0.2) is 48.3 Å². The third-order valence-electron chi connectivity index (χ3n) is 3.15. The van der Waals surface area contributed by atoms with Crippen LogP contribution in [0.5, 0.6) is 0 Å². The van der Waals surface area contributed by atoms with Crippen LogP contribution in [0.3, 0.4) is 0 Å². The first-order chi connectivity index (χ1) is 6.79. The molecule has 0 amide bonds. The summed E-state index contributed by atoms with van der Waals surface area (Å²) in [6.45, 7) is 7.71. The molecule has 84 valence electrons. The molecule has 1 rings (SSSR count). The number of rotatable bonds is 5. The van der Waals surface area contributed by atoms with Crippen LogP contribution in [0.25, 0.3) is 0 Å². The second kappa shape index (κ2) is 6.38. The van der Waals surface area contributed by atoms with Gasteiger partial charge in [-0.1, -0.05) is 13.3 Å². The highest BCUT2D eigenvalue weighted by molar-refractivity contribution is 4.84. The van der Waals surface area contributed by atoms with E-state index in [4.69, 9.17) is 5.11 Å². The number of hydrogen-bond acceptors (Lipinski definition) is 3. The zero-order valence-electron chi connectivity index (χ0n) is 9.50. The zero-order valence-corrected chi connectivity index (χ0v) is 9.50. The lowest BCUT2D eigenvalue weighted by Crippen LogP contribution is -2.51. The first kappa shape index (κ1) is 12.0. The van der Waals surface area contributed by atoms with E-state index in [9.17, 15) is 0 Å². The minimum atomic E-state index is 0.287. The third-order valence-corrected chi connectivity index (χ3v) is 3.15. The van der Waals surface area contributed by atoms with Crippen LogP contribution in [0.15, 0.2) is 0 Å². The maximum atomic E-state index is 8.99. The zero-order chi connectivity index (χ0) is 10.4. The van der Waals surface area contributed by atoms with Gasteiger partial charge in [0.1, 0.15) is 0 Å². The molecule has 1 aliphatic heterocycles. The molecule has 0 aliphatic carbocycles. The van der Waals surface area contributed by atoms with Gasteiger partial charge < -0.3 is 10.4 Å². The Kier molecular flexibility index (Phi) is 5.45. The Balaban J connectivity index is 2.44. The van der Waals surface area contributed by atoms with Gasteiger partial charge in [-0.05, 0) is 32.9 Å². The normalized spacial score (nSPS) is 26.4. The van der Waals surface area contributed by atoms with E-state index in [0.717, 1.165) is 19.6 Å². The van der Waals surface area contributed by atoms with Crippen molar-refractivity contribution in [3.05, 3.63) is 0 Å². The van der Waals surface area contributed by atoms with Gasteiger partial charge in [-0.15, -0.1) is 0 Å². The average molecular weight is 200 g/mol. The van der Waals surface area contributed by atoms with Crippen LogP contribution in [0.4, 0.5) is 0 Å². The summed E-state index contributed by atoms with van der Waals surface area (Å²) in [4.78, 5) is 2.43. The third kappa shape index (κ3) is 3.23. The maximum absolute atomic E-state index is 8.99. The smallest absolute Gasteiger partial charge is 0.0558 e. The maximum Gasteiger partial charge on any atom is 0.0558 e. The number of aliphatic hydroxyl groups is 1. The first-order valence-electron chi connectivity index (χ1n) is 5.88. The molecule has 0 aromatic rings. The molecule has 0 radical (unpaired) electrons. The highest BCUT2D eigenvalue weighted by Gasteiger charge is 2.25. The summed E-state index contributed by atoms with van der Waals surface area (Å²) >= 11 is 0. The van der Waals surface area contributed by atoms with Crippen LogP contribution in [-0.2, 0) is 0 Å². The van der Waals surface area contributed by atoms with Crippen molar-refractivity contribution in [2.24, 2.45) is 0 Å². The van der Waals surface area contributed by atoms with Crippen molar-refractivity contribution in [3.63, 3.8) is 0 Å². The summed E-state index contributed by atoms with van der Waals surface area (Å²) in [5.74, 6) is 0. The number of likely N-dealkylation sites (N-methyl/N-ethyl adjacent to an activating group) is 1. The number of piperidine rings is 1. The fraction of sp³-hybridized carbons (Fsp3) is 1.00. The van der Waals surface area contributed by atoms with Crippen LogP contribution >= 0.6 is 0 Å². The lowest BCUT2D eigenvalue weighted by molar-refractivity contribution is 0.0958. The van der Waals surface area contributed by atoms with Crippen molar-refractivity contribution < 1.29 is 5.11 Å². The second-order valence-corrected chi connectivity index (χ2v) is 4.17. The summed E-state index contributed by atoms with van der Waals surface area (Å²) in [6, 6.07) is 1.17. The largest absolute Gasteiger partial charge is 0.395 e. The fourth-order valence-corrected chi connectivity index (χ4v) is 2.45. The van der Waals surface area contributed by atoms with E-state index in [2.05, 4.69) is 24.1 Å². The Morgan fingerprint density at radius 2 is 2.29 bits per heavy atom. The van der Waals surface area contributed by atoms with Crippen molar-refractivity contribution in [2.75, 3.05) is 26.2 Å². The Bertz CT molecular complexity index is 150. The molecular weight excluding hydrogens is 176 g/mol. The van der Waals surface area contributed by atoms with Gasteiger partial charge in [0.25, 0.3) is 0 Å². The van der Waals surface area contributed by atoms with E-state index in [1.54, 1.807) is 0 Å². The lowest BCUT2D eigenvalue weighted by atomic mass is 9.96. The molecule has 0 bridgehead atoms. The standard InChI is InChI=1S/C11H24N2O/c1-3-12-10(2)11-6-4-5-7-13(11)8-9-14/h10-12,14H,3-9H2,1-2H3. The highest BCUT2D eigenvalue weighted by Crippen LogP contribution is 2.19. The van der Waals surface area contributed by atoms with Crippen LogP contribution in [0, 0.1) is 0 Å². The van der Waals surface area contributed by atoms with Gasteiger partial charge in [0.2, 0.25) is 0 Å². The molecule has 1 heterocycles. The summed E-state index contributed by atoms with van der Waals surface area (Å²) in [7, 11) is 0. The van der Waals surface area contributed by atoms with E-state index in [0.29, 0.717) is 12.1 Å². The fourth-order valence-electron chi connectivity index (χ4n) is 2.45. The number of likely N-dealkylation sites (tertiary alicyclic amines) is 1. The second-order valence-electron chi connectivity index (χ2n) is 4.17. The van der Waals surface area contributed by atoms with Crippen molar-refractivity contribution >= 4 is 0 Å². The molecule has 2 unspecified atom stereocenters. The summed E-state index contributed by atoms with van der Waals surface area (Å²) < 4.78 is 0. The van der Waals surface area contributed by atoms with Crippen LogP contribution in [0.1, 0.15) is 33.1 Å². The Hall–Kier alpha value is -0.120. The van der Waals surface area contributed by atoms with Gasteiger partial charge in [0.15, 0.2) is 0 Å². The molecule has 14 heavy (non-hydrogen) atoms. The molecule has 0 aromatic carbocycles. The number of nitrogens with zero attached hydrogens (tertiary/aromatic N) is 1. The molecule has 0 saturated carbocycles. The molecule has 1 fully saturated rings.